The van der Waals surface area contributed by atoms with Gasteiger partial charge in [0, 0.05) is 6.04 Å². The topological polar surface area (TPSA) is 52.0 Å². The summed E-state index contributed by atoms with van der Waals surface area (Å²) in [6.07, 6.45) is 2.92. The van der Waals surface area contributed by atoms with E-state index in [1.165, 1.54) is 12.1 Å². The molecule has 0 saturated heterocycles. The summed E-state index contributed by atoms with van der Waals surface area (Å²) in [4.78, 5) is 0. The van der Waals surface area contributed by atoms with Crippen molar-refractivity contribution < 1.29 is 4.39 Å². The van der Waals surface area contributed by atoms with Crippen LogP contribution in [0.15, 0.2) is 24.3 Å². The highest BCUT2D eigenvalue weighted by atomic mass is 19.1. The van der Waals surface area contributed by atoms with Gasteiger partial charge in [-0.3, -0.25) is 0 Å². The van der Waals surface area contributed by atoms with E-state index in [0.29, 0.717) is 6.54 Å². The molecule has 4 N–H and O–H groups in total. The highest BCUT2D eigenvalue weighted by molar-refractivity contribution is 5.19. The van der Waals surface area contributed by atoms with Crippen molar-refractivity contribution in [3.8, 4) is 0 Å². The third-order valence-electron chi connectivity index (χ3n) is 2.27. The summed E-state index contributed by atoms with van der Waals surface area (Å²) in [5, 5.41) is 0. The van der Waals surface area contributed by atoms with E-state index in [4.69, 9.17) is 11.5 Å². The van der Waals surface area contributed by atoms with Crippen molar-refractivity contribution in [2.75, 3.05) is 6.54 Å². The van der Waals surface area contributed by atoms with E-state index in [0.717, 1.165) is 24.8 Å². The maximum absolute atomic E-state index is 12.6. The fourth-order valence-electron chi connectivity index (χ4n) is 1.39. The third kappa shape index (κ3) is 3.44. The lowest BCUT2D eigenvalue weighted by molar-refractivity contribution is 0.586. The van der Waals surface area contributed by atoms with Crippen LogP contribution in [0.25, 0.3) is 0 Å². The van der Waals surface area contributed by atoms with Crippen molar-refractivity contribution >= 4 is 0 Å². The Morgan fingerprint density at radius 3 is 2.36 bits per heavy atom. The monoisotopic (exact) mass is 196 g/mol. The van der Waals surface area contributed by atoms with E-state index < -0.39 is 0 Å². The van der Waals surface area contributed by atoms with Crippen LogP contribution in [0.5, 0.6) is 0 Å². The van der Waals surface area contributed by atoms with Crippen LogP contribution >= 0.6 is 0 Å². The van der Waals surface area contributed by atoms with Gasteiger partial charge in [-0.1, -0.05) is 18.6 Å². The molecule has 0 saturated carbocycles. The van der Waals surface area contributed by atoms with Crippen molar-refractivity contribution in [1.82, 2.24) is 0 Å². The lowest BCUT2D eigenvalue weighted by atomic mass is 10.0. The molecule has 0 unspecified atom stereocenters. The first-order valence-corrected chi connectivity index (χ1v) is 4.95. The molecule has 1 aromatic rings. The molecule has 78 valence electrons. The Hall–Kier alpha value is -0.930. The Bertz CT molecular complexity index is 258. The molecule has 0 amide bonds. The van der Waals surface area contributed by atoms with Crippen LogP contribution in [0.3, 0.4) is 0 Å². The molecule has 1 atom stereocenters. The van der Waals surface area contributed by atoms with Crippen molar-refractivity contribution in [2.24, 2.45) is 11.5 Å². The lowest BCUT2D eigenvalue weighted by Crippen LogP contribution is -2.11. The minimum atomic E-state index is -0.220. The van der Waals surface area contributed by atoms with Gasteiger partial charge in [0.05, 0.1) is 0 Å². The minimum absolute atomic E-state index is 0.00199. The summed E-state index contributed by atoms with van der Waals surface area (Å²) in [6.45, 7) is 0.705. The fraction of sp³-hybridized carbons (Fsp3) is 0.455. The van der Waals surface area contributed by atoms with Gasteiger partial charge < -0.3 is 11.5 Å². The molecule has 14 heavy (non-hydrogen) atoms. The molecule has 1 aromatic carbocycles. The maximum Gasteiger partial charge on any atom is 0.123 e. The number of benzene rings is 1. The van der Waals surface area contributed by atoms with Crippen LogP contribution in [-0.4, -0.2) is 6.54 Å². The van der Waals surface area contributed by atoms with Gasteiger partial charge in [0.25, 0.3) is 0 Å². The molecule has 0 aliphatic rings. The SMILES string of the molecule is NCCCC[C@H](N)c1ccc(F)cc1. The van der Waals surface area contributed by atoms with Crippen LogP contribution < -0.4 is 11.5 Å². The van der Waals surface area contributed by atoms with Gasteiger partial charge in [0.1, 0.15) is 5.82 Å². The average molecular weight is 196 g/mol. The Morgan fingerprint density at radius 2 is 1.79 bits per heavy atom. The molecule has 0 fully saturated rings. The summed E-state index contributed by atoms with van der Waals surface area (Å²) in [7, 11) is 0. The number of halogens is 1. The number of hydrogen-bond acceptors (Lipinski definition) is 2. The van der Waals surface area contributed by atoms with Crippen LogP contribution in [0.4, 0.5) is 4.39 Å². The Labute approximate surface area is 84.1 Å². The number of hydrogen-bond donors (Lipinski definition) is 2. The normalized spacial score (nSPS) is 12.8. The van der Waals surface area contributed by atoms with E-state index >= 15 is 0 Å². The van der Waals surface area contributed by atoms with Crippen molar-refractivity contribution in [1.29, 1.82) is 0 Å². The molecular weight excluding hydrogens is 179 g/mol. The van der Waals surface area contributed by atoms with Gasteiger partial charge in [-0.15, -0.1) is 0 Å². The molecule has 0 spiro atoms. The van der Waals surface area contributed by atoms with Crippen LogP contribution in [-0.2, 0) is 0 Å². The van der Waals surface area contributed by atoms with E-state index in [-0.39, 0.29) is 11.9 Å². The molecule has 0 heterocycles. The van der Waals surface area contributed by atoms with Gasteiger partial charge in [-0.2, -0.15) is 0 Å². The smallest absolute Gasteiger partial charge is 0.123 e. The van der Waals surface area contributed by atoms with Gasteiger partial charge in [0.15, 0.2) is 0 Å². The summed E-state index contributed by atoms with van der Waals surface area (Å²) >= 11 is 0. The molecule has 0 aliphatic heterocycles. The molecule has 3 heteroatoms. The molecule has 1 rings (SSSR count). The average Bonchev–Trinajstić information content (AvgIpc) is 2.19. The largest absolute Gasteiger partial charge is 0.330 e. The zero-order chi connectivity index (χ0) is 10.4. The molecule has 0 aromatic heterocycles. The Kier molecular flexibility index (Phi) is 4.56. The van der Waals surface area contributed by atoms with E-state index in [2.05, 4.69) is 0 Å². The standard InChI is InChI=1S/C11H17FN2/c12-10-6-4-9(5-7-10)11(14)3-1-2-8-13/h4-7,11H,1-3,8,13-14H2/t11-/m0/s1. The number of unbranched alkanes of at least 4 members (excludes halogenated alkanes) is 1. The summed E-state index contributed by atoms with van der Waals surface area (Å²) in [5.74, 6) is -0.220. The highest BCUT2D eigenvalue weighted by Crippen LogP contribution is 2.16. The first-order valence-electron chi connectivity index (χ1n) is 4.95. The zero-order valence-electron chi connectivity index (χ0n) is 8.25. The van der Waals surface area contributed by atoms with E-state index in [9.17, 15) is 4.39 Å². The minimum Gasteiger partial charge on any atom is -0.330 e. The summed E-state index contributed by atoms with van der Waals surface area (Å²) in [5.41, 5.74) is 12.3. The van der Waals surface area contributed by atoms with Crippen LogP contribution in [0.2, 0.25) is 0 Å². The quantitative estimate of drug-likeness (QED) is 0.707. The first-order chi connectivity index (χ1) is 6.74. The number of nitrogens with two attached hydrogens (primary N) is 2. The van der Waals surface area contributed by atoms with Crippen molar-refractivity contribution in [3.05, 3.63) is 35.6 Å². The predicted octanol–water partition coefficient (Wildman–Crippen LogP) is 1.95. The molecule has 0 bridgehead atoms. The highest BCUT2D eigenvalue weighted by Gasteiger charge is 2.04. The molecule has 0 radical (unpaired) electrons. The third-order valence-corrected chi connectivity index (χ3v) is 2.27. The second-order valence-electron chi connectivity index (χ2n) is 3.44. The Balaban J connectivity index is 2.43. The van der Waals surface area contributed by atoms with Crippen LogP contribution in [0.1, 0.15) is 30.9 Å². The zero-order valence-corrected chi connectivity index (χ0v) is 8.25. The van der Waals surface area contributed by atoms with Crippen molar-refractivity contribution in [3.63, 3.8) is 0 Å². The van der Waals surface area contributed by atoms with Gasteiger partial charge in [-0.05, 0) is 37.1 Å². The number of rotatable bonds is 5. The van der Waals surface area contributed by atoms with Gasteiger partial charge in [0.2, 0.25) is 0 Å². The lowest BCUT2D eigenvalue weighted by Gasteiger charge is -2.11. The second kappa shape index (κ2) is 5.73. The molecular formula is C11H17FN2. The van der Waals surface area contributed by atoms with Crippen molar-refractivity contribution in [2.45, 2.75) is 25.3 Å². The van der Waals surface area contributed by atoms with Gasteiger partial charge in [-0.25, -0.2) is 4.39 Å². The van der Waals surface area contributed by atoms with Gasteiger partial charge >= 0.3 is 0 Å². The Morgan fingerprint density at radius 1 is 1.14 bits per heavy atom. The maximum atomic E-state index is 12.6. The summed E-state index contributed by atoms with van der Waals surface area (Å²) in [6, 6.07) is 6.36. The predicted molar refractivity (Wildman–Crippen MR) is 56.2 cm³/mol. The van der Waals surface area contributed by atoms with E-state index in [1.807, 2.05) is 0 Å². The second-order valence-corrected chi connectivity index (χ2v) is 3.44. The first kappa shape index (κ1) is 11.1. The fourth-order valence-corrected chi connectivity index (χ4v) is 1.39. The van der Waals surface area contributed by atoms with Crippen LogP contribution in [0, 0.1) is 5.82 Å². The van der Waals surface area contributed by atoms with E-state index in [1.54, 1.807) is 12.1 Å². The molecule has 2 nitrogen and oxygen atoms in total. The summed E-state index contributed by atoms with van der Waals surface area (Å²) < 4.78 is 12.6. The molecule has 0 aliphatic carbocycles.